The second kappa shape index (κ2) is 8.52. The zero-order valence-electron chi connectivity index (χ0n) is 18.4. The van der Waals surface area contributed by atoms with Gasteiger partial charge in [-0.25, -0.2) is 4.98 Å². The van der Waals surface area contributed by atoms with Gasteiger partial charge in [-0.15, -0.1) is 0 Å². The highest BCUT2D eigenvalue weighted by Crippen LogP contribution is 2.36. The molecule has 156 valence electrons. The Morgan fingerprint density at radius 1 is 0.839 bits per heavy atom. The number of nitrogen functional groups attached to an aromatic ring is 1. The number of hydrogen-bond acceptors (Lipinski definition) is 4. The third-order valence-electron chi connectivity index (χ3n) is 5.53. The van der Waals surface area contributed by atoms with Crippen LogP contribution in [0.2, 0.25) is 0 Å². The molecule has 0 radical (unpaired) electrons. The number of para-hydroxylation sites is 2. The van der Waals surface area contributed by atoms with Crippen LogP contribution >= 0.6 is 0 Å². The van der Waals surface area contributed by atoms with Gasteiger partial charge in [0.1, 0.15) is 5.75 Å². The van der Waals surface area contributed by atoms with Gasteiger partial charge < -0.3 is 15.8 Å². The van der Waals surface area contributed by atoms with Crippen molar-refractivity contribution in [3.05, 3.63) is 88.6 Å². The maximum atomic E-state index is 6.52. The maximum absolute atomic E-state index is 6.52. The van der Waals surface area contributed by atoms with E-state index in [0.717, 1.165) is 56.1 Å². The Bertz CT molecular complexity index is 1290. The molecule has 0 amide bonds. The summed E-state index contributed by atoms with van der Waals surface area (Å²) in [4.78, 5) is 4.92. The highest BCUT2D eigenvalue weighted by Gasteiger charge is 2.13. The van der Waals surface area contributed by atoms with Gasteiger partial charge in [0, 0.05) is 22.3 Å². The number of pyridine rings is 1. The van der Waals surface area contributed by atoms with E-state index in [2.05, 4.69) is 43.4 Å². The summed E-state index contributed by atoms with van der Waals surface area (Å²) in [7, 11) is 1.68. The van der Waals surface area contributed by atoms with Crippen LogP contribution in [0.1, 0.15) is 27.9 Å². The van der Waals surface area contributed by atoms with Gasteiger partial charge in [0.15, 0.2) is 0 Å². The summed E-state index contributed by atoms with van der Waals surface area (Å²) in [5.41, 5.74) is 15.3. The van der Waals surface area contributed by atoms with Crippen molar-refractivity contribution < 1.29 is 4.74 Å². The second-order valence-corrected chi connectivity index (χ2v) is 7.76. The van der Waals surface area contributed by atoms with Gasteiger partial charge in [-0.1, -0.05) is 42.5 Å². The molecular weight excluding hydrogens is 382 g/mol. The van der Waals surface area contributed by atoms with Crippen molar-refractivity contribution in [2.75, 3.05) is 18.2 Å². The number of nitrogens with two attached hydrogens (primary N) is 1. The number of rotatable bonds is 5. The summed E-state index contributed by atoms with van der Waals surface area (Å²) >= 11 is 0. The molecule has 0 bridgehead atoms. The largest absolute Gasteiger partial charge is 0.496 e. The zero-order chi connectivity index (χ0) is 22.0. The Labute approximate surface area is 183 Å². The van der Waals surface area contributed by atoms with Crippen LogP contribution in [0.4, 0.5) is 17.1 Å². The van der Waals surface area contributed by atoms with E-state index < -0.39 is 0 Å². The summed E-state index contributed by atoms with van der Waals surface area (Å²) in [6, 6.07) is 20.3. The first-order chi connectivity index (χ1) is 15.0. The van der Waals surface area contributed by atoms with Crippen LogP contribution in [-0.4, -0.2) is 12.1 Å². The molecule has 4 aromatic rings. The number of methoxy groups -OCH3 is 1. The predicted octanol–water partition coefficient (Wildman–Crippen LogP) is 6.66. The molecule has 4 heteroatoms. The number of fused-ring (bicyclic) bond motifs is 1. The number of hydrogen-bond donors (Lipinski definition) is 2. The lowest BCUT2D eigenvalue weighted by molar-refractivity contribution is 0.414. The van der Waals surface area contributed by atoms with E-state index in [1.165, 1.54) is 5.56 Å². The Hall–Kier alpha value is -3.79. The molecule has 0 aliphatic carbocycles. The van der Waals surface area contributed by atoms with Gasteiger partial charge >= 0.3 is 0 Å². The highest BCUT2D eigenvalue weighted by molar-refractivity contribution is 6.05. The van der Waals surface area contributed by atoms with Gasteiger partial charge in [0.25, 0.3) is 0 Å². The van der Waals surface area contributed by atoms with Crippen LogP contribution < -0.4 is 15.8 Å². The van der Waals surface area contributed by atoms with E-state index in [0.29, 0.717) is 0 Å². The fourth-order valence-corrected chi connectivity index (χ4v) is 3.81. The van der Waals surface area contributed by atoms with E-state index in [1.807, 2.05) is 55.5 Å². The van der Waals surface area contributed by atoms with E-state index in [-0.39, 0.29) is 0 Å². The molecule has 3 N–H and O–H groups in total. The monoisotopic (exact) mass is 409 g/mol. The Balaban J connectivity index is 1.88. The van der Waals surface area contributed by atoms with Gasteiger partial charge in [-0.05, 0) is 67.8 Å². The summed E-state index contributed by atoms with van der Waals surface area (Å²) in [5, 5.41) is 4.55. The van der Waals surface area contributed by atoms with Crippen LogP contribution in [0.15, 0.2) is 60.7 Å². The lowest BCUT2D eigenvalue weighted by atomic mass is 10.0. The molecule has 0 spiro atoms. The van der Waals surface area contributed by atoms with Gasteiger partial charge in [0.2, 0.25) is 0 Å². The van der Waals surface area contributed by atoms with Crippen molar-refractivity contribution in [1.82, 2.24) is 4.98 Å². The topological polar surface area (TPSA) is 60.2 Å². The number of aryl methyl sites for hydroxylation is 3. The van der Waals surface area contributed by atoms with Crippen molar-refractivity contribution in [1.29, 1.82) is 0 Å². The first kappa shape index (κ1) is 20.5. The number of nitrogens with one attached hydrogen (secondary N) is 1. The molecule has 31 heavy (non-hydrogen) atoms. The second-order valence-electron chi connectivity index (χ2n) is 7.76. The minimum absolute atomic E-state index is 0.754. The molecule has 0 atom stereocenters. The molecule has 4 rings (SSSR count). The quantitative estimate of drug-likeness (QED) is 0.362. The average Bonchev–Trinajstić information content (AvgIpc) is 2.77. The van der Waals surface area contributed by atoms with E-state index >= 15 is 0 Å². The SMILES string of the molecule is COc1ccccc1/C=C/c1cc(Nc2ccccc2C)c2c(N)c(C)cc(C)c2n1. The fourth-order valence-electron chi connectivity index (χ4n) is 3.81. The van der Waals surface area contributed by atoms with E-state index in [1.54, 1.807) is 7.11 Å². The predicted molar refractivity (Wildman–Crippen MR) is 132 cm³/mol. The zero-order valence-corrected chi connectivity index (χ0v) is 18.4. The third-order valence-corrected chi connectivity index (χ3v) is 5.53. The molecule has 0 fully saturated rings. The minimum Gasteiger partial charge on any atom is -0.496 e. The van der Waals surface area contributed by atoms with Gasteiger partial charge in [-0.2, -0.15) is 0 Å². The molecule has 0 unspecified atom stereocenters. The van der Waals surface area contributed by atoms with Crippen molar-refractivity contribution in [3.63, 3.8) is 0 Å². The lowest BCUT2D eigenvalue weighted by Gasteiger charge is -2.17. The number of aromatic nitrogens is 1. The van der Waals surface area contributed by atoms with Crippen LogP contribution in [-0.2, 0) is 0 Å². The summed E-state index contributed by atoms with van der Waals surface area (Å²) in [6.45, 7) is 6.20. The number of anilines is 3. The van der Waals surface area contributed by atoms with Crippen molar-refractivity contribution in [3.8, 4) is 5.75 Å². The van der Waals surface area contributed by atoms with Crippen LogP contribution in [0.3, 0.4) is 0 Å². The average molecular weight is 410 g/mol. The summed E-state index contributed by atoms with van der Waals surface area (Å²) in [5.74, 6) is 0.828. The normalized spacial score (nSPS) is 11.2. The molecule has 1 aromatic heterocycles. The smallest absolute Gasteiger partial charge is 0.126 e. The Morgan fingerprint density at radius 2 is 1.58 bits per heavy atom. The maximum Gasteiger partial charge on any atom is 0.126 e. The van der Waals surface area contributed by atoms with Crippen LogP contribution in [0.25, 0.3) is 23.1 Å². The first-order valence-corrected chi connectivity index (χ1v) is 10.3. The fraction of sp³-hybridized carbons (Fsp3) is 0.148. The molecule has 4 nitrogen and oxygen atoms in total. The van der Waals surface area contributed by atoms with Crippen molar-refractivity contribution >= 4 is 40.1 Å². The molecule has 0 saturated carbocycles. The minimum atomic E-state index is 0.754. The van der Waals surface area contributed by atoms with Gasteiger partial charge in [-0.3, -0.25) is 0 Å². The number of ether oxygens (including phenoxy) is 1. The van der Waals surface area contributed by atoms with Crippen molar-refractivity contribution in [2.24, 2.45) is 0 Å². The summed E-state index contributed by atoms with van der Waals surface area (Å²) < 4.78 is 5.47. The summed E-state index contributed by atoms with van der Waals surface area (Å²) in [6.07, 6.45) is 4.03. The molecule has 0 aliphatic heterocycles. The highest BCUT2D eigenvalue weighted by atomic mass is 16.5. The molecule has 3 aromatic carbocycles. The molecule has 0 saturated heterocycles. The standard InChI is InChI=1S/C27H27N3O/c1-17-9-5-7-11-22(17)30-23-16-21(14-13-20-10-6-8-12-24(20)31-4)29-27-19(3)15-18(2)26(28)25(23)27/h5-16H,28H2,1-4H3,(H,29,30)/b14-13+. The Morgan fingerprint density at radius 3 is 2.35 bits per heavy atom. The van der Waals surface area contributed by atoms with E-state index in [4.69, 9.17) is 15.5 Å². The van der Waals surface area contributed by atoms with Crippen LogP contribution in [0.5, 0.6) is 5.75 Å². The van der Waals surface area contributed by atoms with E-state index in [9.17, 15) is 0 Å². The number of nitrogens with zero attached hydrogens (tertiary/aromatic N) is 1. The third kappa shape index (κ3) is 4.10. The van der Waals surface area contributed by atoms with Crippen LogP contribution in [0, 0.1) is 20.8 Å². The molecule has 1 heterocycles. The van der Waals surface area contributed by atoms with Crippen molar-refractivity contribution in [2.45, 2.75) is 20.8 Å². The van der Waals surface area contributed by atoms with Gasteiger partial charge in [0.05, 0.1) is 24.0 Å². The lowest BCUT2D eigenvalue weighted by Crippen LogP contribution is -2.02. The molecule has 0 aliphatic rings. The number of benzene rings is 3. The molecular formula is C27H27N3O. The Kier molecular flexibility index (Phi) is 5.63. The first-order valence-electron chi connectivity index (χ1n) is 10.3.